The summed E-state index contributed by atoms with van der Waals surface area (Å²) in [6, 6.07) is 0.432. The molecule has 2 fully saturated rings. The number of nitrogens with two attached hydrogens (primary N) is 1. The molecule has 1 saturated carbocycles. The summed E-state index contributed by atoms with van der Waals surface area (Å²) in [5.74, 6) is 0.216. The van der Waals surface area contributed by atoms with Gasteiger partial charge in [0.1, 0.15) is 6.10 Å². The minimum atomic E-state index is -0.176. The number of carbonyl (C=O) groups is 1. The summed E-state index contributed by atoms with van der Waals surface area (Å²) in [6.07, 6.45) is 8.77. The topological polar surface area (TPSA) is 55.6 Å². The molecule has 1 heterocycles. The van der Waals surface area contributed by atoms with Gasteiger partial charge in [0.2, 0.25) is 0 Å². The van der Waals surface area contributed by atoms with Crippen molar-refractivity contribution in [3.05, 3.63) is 0 Å². The number of nitrogens with zero attached hydrogens (tertiary/aromatic N) is 1. The highest BCUT2D eigenvalue weighted by molar-refractivity contribution is 5.81. The number of carbonyl (C=O) groups excluding carboxylic acids is 1. The fourth-order valence-corrected chi connectivity index (χ4v) is 3.08. The van der Waals surface area contributed by atoms with Gasteiger partial charge in [-0.1, -0.05) is 19.3 Å². The third-order valence-corrected chi connectivity index (χ3v) is 4.11. The summed E-state index contributed by atoms with van der Waals surface area (Å²) in [4.78, 5) is 14.6. The lowest BCUT2D eigenvalue weighted by molar-refractivity contribution is -0.144. The molecular formula is C14H26N2O2. The van der Waals surface area contributed by atoms with Crippen molar-refractivity contribution in [3.63, 3.8) is 0 Å². The summed E-state index contributed by atoms with van der Waals surface area (Å²) >= 11 is 0. The molecule has 1 aliphatic carbocycles. The van der Waals surface area contributed by atoms with Crippen LogP contribution in [-0.4, -0.2) is 42.6 Å². The smallest absolute Gasteiger partial charge is 0.251 e. The van der Waals surface area contributed by atoms with Crippen molar-refractivity contribution in [2.45, 2.75) is 63.5 Å². The van der Waals surface area contributed by atoms with E-state index >= 15 is 0 Å². The van der Waals surface area contributed by atoms with Crippen molar-refractivity contribution in [1.29, 1.82) is 0 Å². The molecule has 4 heteroatoms. The Bertz CT molecular complexity index is 259. The SMILES string of the molecule is NCCCN(C(=O)C1CCCO1)C1CCCCC1. The van der Waals surface area contributed by atoms with Gasteiger partial charge in [-0.2, -0.15) is 0 Å². The Morgan fingerprint density at radius 3 is 2.56 bits per heavy atom. The van der Waals surface area contributed by atoms with Crippen LogP contribution in [0, 0.1) is 0 Å². The van der Waals surface area contributed by atoms with Crippen LogP contribution in [0.2, 0.25) is 0 Å². The third kappa shape index (κ3) is 3.45. The molecule has 0 aromatic carbocycles. The van der Waals surface area contributed by atoms with Gasteiger partial charge in [-0.25, -0.2) is 0 Å². The second-order valence-corrected chi connectivity index (χ2v) is 5.47. The quantitative estimate of drug-likeness (QED) is 0.812. The van der Waals surface area contributed by atoms with Gasteiger partial charge in [0.05, 0.1) is 0 Å². The average Bonchev–Trinajstić information content (AvgIpc) is 2.94. The molecule has 0 spiro atoms. The molecule has 1 saturated heterocycles. The average molecular weight is 254 g/mol. The molecule has 1 unspecified atom stereocenters. The Hall–Kier alpha value is -0.610. The number of ether oxygens (including phenoxy) is 1. The van der Waals surface area contributed by atoms with Crippen LogP contribution in [0.15, 0.2) is 0 Å². The predicted molar refractivity (Wildman–Crippen MR) is 71.2 cm³/mol. The minimum Gasteiger partial charge on any atom is -0.368 e. The Balaban J connectivity index is 1.95. The highest BCUT2D eigenvalue weighted by Gasteiger charge is 2.32. The maximum absolute atomic E-state index is 12.5. The maximum Gasteiger partial charge on any atom is 0.251 e. The number of hydrogen-bond acceptors (Lipinski definition) is 3. The van der Waals surface area contributed by atoms with Gasteiger partial charge < -0.3 is 15.4 Å². The van der Waals surface area contributed by atoms with E-state index in [4.69, 9.17) is 10.5 Å². The zero-order chi connectivity index (χ0) is 12.8. The van der Waals surface area contributed by atoms with Gasteiger partial charge in [0, 0.05) is 19.2 Å². The summed E-state index contributed by atoms with van der Waals surface area (Å²) in [6.45, 7) is 2.20. The van der Waals surface area contributed by atoms with Crippen molar-refractivity contribution >= 4 is 5.91 Å². The number of rotatable bonds is 5. The summed E-state index contributed by atoms with van der Waals surface area (Å²) in [7, 11) is 0. The molecular weight excluding hydrogens is 228 g/mol. The van der Waals surface area contributed by atoms with Gasteiger partial charge >= 0.3 is 0 Å². The third-order valence-electron chi connectivity index (χ3n) is 4.11. The molecule has 2 rings (SSSR count). The van der Waals surface area contributed by atoms with Crippen molar-refractivity contribution in [2.75, 3.05) is 19.7 Å². The molecule has 18 heavy (non-hydrogen) atoms. The van der Waals surface area contributed by atoms with Crippen molar-refractivity contribution in [3.8, 4) is 0 Å². The normalized spacial score (nSPS) is 25.3. The molecule has 104 valence electrons. The molecule has 2 N–H and O–H groups in total. The Morgan fingerprint density at radius 2 is 1.94 bits per heavy atom. The Morgan fingerprint density at radius 1 is 1.17 bits per heavy atom. The van der Waals surface area contributed by atoms with Crippen LogP contribution >= 0.6 is 0 Å². The first-order chi connectivity index (χ1) is 8.83. The van der Waals surface area contributed by atoms with Gasteiger partial charge in [0.15, 0.2) is 0 Å². The van der Waals surface area contributed by atoms with E-state index in [-0.39, 0.29) is 12.0 Å². The molecule has 0 radical (unpaired) electrons. The van der Waals surface area contributed by atoms with E-state index in [0.29, 0.717) is 12.6 Å². The number of amides is 1. The van der Waals surface area contributed by atoms with E-state index in [1.165, 1.54) is 19.3 Å². The Kier molecular flexibility index (Phi) is 5.45. The van der Waals surface area contributed by atoms with Gasteiger partial charge in [-0.05, 0) is 38.6 Å². The van der Waals surface area contributed by atoms with Crippen molar-refractivity contribution < 1.29 is 9.53 Å². The molecule has 1 aliphatic heterocycles. The summed E-state index contributed by atoms with van der Waals surface area (Å²) in [5.41, 5.74) is 5.59. The standard InChI is InChI=1S/C14H26N2O2/c15-9-5-10-16(12-6-2-1-3-7-12)14(17)13-8-4-11-18-13/h12-13H,1-11,15H2. The van der Waals surface area contributed by atoms with E-state index < -0.39 is 0 Å². The molecule has 0 aromatic heterocycles. The molecule has 4 nitrogen and oxygen atoms in total. The zero-order valence-electron chi connectivity index (χ0n) is 11.3. The molecule has 2 aliphatic rings. The van der Waals surface area contributed by atoms with Crippen LogP contribution < -0.4 is 5.73 Å². The molecule has 0 aromatic rings. The first-order valence-electron chi connectivity index (χ1n) is 7.45. The van der Waals surface area contributed by atoms with E-state index in [1.807, 2.05) is 0 Å². The fourth-order valence-electron chi connectivity index (χ4n) is 3.08. The van der Waals surface area contributed by atoms with Gasteiger partial charge in [-0.3, -0.25) is 4.79 Å². The van der Waals surface area contributed by atoms with Crippen molar-refractivity contribution in [2.24, 2.45) is 5.73 Å². The van der Waals surface area contributed by atoms with Crippen LogP contribution in [0.25, 0.3) is 0 Å². The summed E-state index contributed by atoms with van der Waals surface area (Å²) in [5, 5.41) is 0. The predicted octanol–water partition coefficient (Wildman–Crippen LogP) is 1.68. The van der Waals surface area contributed by atoms with E-state index in [1.54, 1.807) is 0 Å². The monoisotopic (exact) mass is 254 g/mol. The molecule has 1 atom stereocenters. The second-order valence-electron chi connectivity index (χ2n) is 5.47. The lowest BCUT2D eigenvalue weighted by Gasteiger charge is -2.35. The van der Waals surface area contributed by atoms with Crippen LogP contribution in [-0.2, 0) is 9.53 Å². The van der Waals surface area contributed by atoms with Crippen molar-refractivity contribution in [1.82, 2.24) is 4.90 Å². The summed E-state index contributed by atoms with van der Waals surface area (Å²) < 4.78 is 5.54. The molecule has 1 amide bonds. The fraction of sp³-hybridized carbons (Fsp3) is 0.929. The Labute approximate surface area is 110 Å². The van der Waals surface area contributed by atoms with Crippen LogP contribution in [0.4, 0.5) is 0 Å². The lowest BCUT2D eigenvalue weighted by Crippen LogP contribution is -2.47. The van der Waals surface area contributed by atoms with E-state index in [2.05, 4.69) is 4.90 Å². The van der Waals surface area contributed by atoms with Crippen LogP contribution in [0.1, 0.15) is 51.4 Å². The van der Waals surface area contributed by atoms with Gasteiger partial charge in [-0.15, -0.1) is 0 Å². The highest BCUT2D eigenvalue weighted by Crippen LogP contribution is 2.25. The van der Waals surface area contributed by atoms with Crippen LogP contribution in [0.5, 0.6) is 0 Å². The second kappa shape index (κ2) is 7.10. The first kappa shape index (κ1) is 13.8. The maximum atomic E-state index is 12.5. The lowest BCUT2D eigenvalue weighted by atomic mass is 9.93. The zero-order valence-corrected chi connectivity index (χ0v) is 11.3. The molecule has 0 bridgehead atoms. The van der Waals surface area contributed by atoms with E-state index in [0.717, 1.165) is 45.3 Å². The largest absolute Gasteiger partial charge is 0.368 e. The van der Waals surface area contributed by atoms with Gasteiger partial charge in [0.25, 0.3) is 5.91 Å². The number of hydrogen-bond donors (Lipinski definition) is 1. The van der Waals surface area contributed by atoms with E-state index in [9.17, 15) is 4.79 Å². The highest BCUT2D eigenvalue weighted by atomic mass is 16.5. The minimum absolute atomic E-state index is 0.176. The van der Waals surface area contributed by atoms with Crippen LogP contribution in [0.3, 0.4) is 0 Å². The first-order valence-corrected chi connectivity index (χ1v) is 7.45.